The lowest BCUT2D eigenvalue weighted by Gasteiger charge is -2.54. The van der Waals surface area contributed by atoms with E-state index < -0.39 is 0 Å². The average molecular weight is 456 g/mol. The average Bonchev–Trinajstić information content (AvgIpc) is 3.13. The zero-order valence-corrected chi connectivity index (χ0v) is 19.2. The smallest absolute Gasteiger partial charge is 0.174 e. The lowest BCUT2D eigenvalue weighted by atomic mass is 9.52. The minimum atomic E-state index is -0.368. The molecule has 1 saturated carbocycles. The number of ketones is 1. The van der Waals surface area contributed by atoms with E-state index in [-0.39, 0.29) is 29.7 Å². The van der Waals surface area contributed by atoms with Gasteiger partial charge in [0.1, 0.15) is 5.75 Å². The van der Waals surface area contributed by atoms with E-state index in [1.165, 1.54) is 16.7 Å². The van der Waals surface area contributed by atoms with Gasteiger partial charge in [-0.15, -0.1) is 12.4 Å². The van der Waals surface area contributed by atoms with Gasteiger partial charge in [-0.1, -0.05) is 30.3 Å². The van der Waals surface area contributed by atoms with Crippen LogP contribution in [0.4, 0.5) is 0 Å². The number of nitrogens with one attached hydrogen (secondary N) is 1. The molecule has 1 N–H and O–H groups in total. The molecule has 6 heteroatoms. The first-order valence-electron chi connectivity index (χ1n) is 11.6. The second-order valence-corrected chi connectivity index (χ2v) is 9.36. The molecule has 2 aliphatic heterocycles. The number of piperidine rings is 1. The van der Waals surface area contributed by atoms with E-state index in [0.717, 1.165) is 50.1 Å². The van der Waals surface area contributed by atoms with Crippen molar-refractivity contribution in [1.29, 1.82) is 0 Å². The normalized spacial score (nSPS) is 28.9. The second-order valence-electron chi connectivity index (χ2n) is 9.36. The van der Waals surface area contributed by atoms with Gasteiger partial charge in [0, 0.05) is 35.1 Å². The van der Waals surface area contributed by atoms with Crippen molar-refractivity contribution >= 4 is 18.2 Å². The molecule has 0 unspecified atom stereocenters. The number of hydrogen-bond donors (Lipinski definition) is 1. The van der Waals surface area contributed by atoms with Crippen LogP contribution in [-0.2, 0) is 23.1 Å². The summed E-state index contributed by atoms with van der Waals surface area (Å²) >= 11 is 0. The van der Waals surface area contributed by atoms with E-state index in [0.29, 0.717) is 30.7 Å². The van der Waals surface area contributed by atoms with Crippen LogP contribution in [0.1, 0.15) is 42.4 Å². The van der Waals surface area contributed by atoms with Gasteiger partial charge in [0.25, 0.3) is 0 Å². The van der Waals surface area contributed by atoms with Crippen LogP contribution in [0.25, 0.3) is 0 Å². The van der Waals surface area contributed by atoms with Gasteiger partial charge < -0.3 is 19.5 Å². The Kier molecular flexibility index (Phi) is 5.58. The Hall–Kier alpha value is -2.24. The molecular formula is C26H30ClNO4. The summed E-state index contributed by atoms with van der Waals surface area (Å²) in [7, 11) is 1.67. The van der Waals surface area contributed by atoms with Crippen molar-refractivity contribution in [3.63, 3.8) is 0 Å². The Balaban J connectivity index is 0.00000216. The summed E-state index contributed by atoms with van der Waals surface area (Å²) < 4.78 is 18.5. The van der Waals surface area contributed by atoms with E-state index in [1.54, 1.807) is 7.11 Å². The standard InChI is InChI=1S/C26H29NO4.ClH/c1-29-22-15-21(30-13-5-8-16-6-3-2-4-7-16)17-14-19-18-9-10-20(28)25-26(18,11-12-27-19)23(17)24(22)31-25;/h2-4,6-7,15,18-19,25,27H,5,8-14H2,1H3;1H/t18-,19+,25+,26-;/m0./s1. The van der Waals surface area contributed by atoms with E-state index >= 15 is 0 Å². The van der Waals surface area contributed by atoms with Gasteiger partial charge in [-0.05, 0) is 50.1 Å². The van der Waals surface area contributed by atoms with E-state index in [4.69, 9.17) is 14.2 Å². The fraction of sp³-hybridized carbons (Fsp3) is 0.500. The van der Waals surface area contributed by atoms with Gasteiger partial charge in [-0.3, -0.25) is 4.79 Å². The number of benzene rings is 2. The Morgan fingerprint density at radius 3 is 2.88 bits per heavy atom. The first kappa shape index (κ1) is 21.6. The zero-order valence-electron chi connectivity index (χ0n) is 18.4. The highest BCUT2D eigenvalue weighted by Gasteiger charge is 2.65. The van der Waals surface area contributed by atoms with Gasteiger partial charge in [-0.25, -0.2) is 0 Å². The molecular weight excluding hydrogens is 426 g/mol. The number of methoxy groups -OCH3 is 1. The third kappa shape index (κ3) is 3.05. The summed E-state index contributed by atoms with van der Waals surface area (Å²) in [6.07, 6.45) is 5.00. The fourth-order valence-corrected chi connectivity index (χ4v) is 6.67. The number of ether oxygens (including phenoxy) is 3. The number of carbonyl (C=O) groups excluding carboxylic acids is 1. The fourth-order valence-electron chi connectivity index (χ4n) is 6.67. The highest BCUT2D eigenvalue weighted by atomic mass is 35.5. The van der Waals surface area contributed by atoms with Crippen LogP contribution < -0.4 is 19.5 Å². The first-order valence-corrected chi connectivity index (χ1v) is 11.6. The van der Waals surface area contributed by atoms with Crippen molar-refractivity contribution in [2.45, 2.75) is 56.1 Å². The highest BCUT2D eigenvalue weighted by molar-refractivity contribution is 5.89. The molecule has 1 saturated heterocycles. The van der Waals surface area contributed by atoms with Crippen LogP contribution in [0.2, 0.25) is 0 Å². The second kappa shape index (κ2) is 8.27. The quantitative estimate of drug-likeness (QED) is 0.666. The summed E-state index contributed by atoms with van der Waals surface area (Å²) in [6, 6.07) is 12.9. The molecule has 2 aromatic carbocycles. The summed E-state index contributed by atoms with van der Waals surface area (Å²) in [5, 5.41) is 3.73. The number of hydrogen-bond acceptors (Lipinski definition) is 5. The predicted molar refractivity (Wildman–Crippen MR) is 124 cm³/mol. The zero-order chi connectivity index (χ0) is 21.0. The third-order valence-electron chi connectivity index (χ3n) is 7.92. The SMILES string of the molecule is COc1cc(OCCCc2ccccc2)c2c3c1O[C@@H]1C(=O)CC[C@H]4[C@@H](C2)NCC[C@]314.Cl. The molecule has 2 bridgehead atoms. The lowest BCUT2D eigenvalue weighted by molar-refractivity contribution is -0.135. The van der Waals surface area contributed by atoms with Crippen LogP contribution in [0, 0.1) is 5.92 Å². The van der Waals surface area contributed by atoms with Crippen LogP contribution >= 0.6 is 12.4 Å². The van der Waals surface area contributed by atoms with Gasteiger partial charge >= 0.3 is 0 Å². The Bertz CT molecular complexity index is 1030. The highest BCUT2D eigenvalue weighted by Crippen LogP contribution is 2.63. The summed E-state index contributed by atoms with van der Waals surface area (Å²) in [5.41, 5.74) is 3.55. The van der Waals surface area contributed by atoms with Crippen molar-refractivity contribution in [3.8, 4) is 17.2 Å². The van der Waals surface area contributed by atoms with Gasteiger partial charge in [0.05, 0.1) is 13.7 Å². The maximum atomic E-state index is 12.9. The number of Topliss-reactive ketones (excluding diaryl/α,β-unsaturated/α-hetero) is 1. The Morgan fingerprint density at radius 1 is 1.22 bits per heavy atom. The van der Waals surface area contributed by atoms with Crippen molar-refractivity contribution < 1.29 is 19.0 Å². The Labute approximate surface area is 195 Å². The molecule has 2 heterocycles. The number of halogens is 1. The molecule has 32 heavy (non-hydrogen) atoms. The maximum absolute atomic E-state index is 12.9. The van der Waals surface area contributed by atoms with Crippen molar-refractivity contribution in [2.75, 3.05) is 20.3 Å². The van der Waals surface area contributed by atoms with Crippen molar-refractivity contribution in [2.24, 2.45) is 5.92 Å². The number of rotatable bonds is 6. The van der Waals surface area contributed by atoms with Crippen LogP contribution in [0.3, 0.4) is 0 Å². The van der Waals surface area contributed by atoms with Gasteiger partial charge in [-0.2, -0.15) is 0 Å². The lowest BCUT2D eigenvalue weighted by Crippen LogP contribution is -2.65. The molecule has 6 rings (SSSR count). The molecule has 2 fully saturated rings. The molecule has 4 aliphatic rings. The Morgan fingerprint density at radius 2 is 2.06 bits per heavy atom. The summed E-state index contributed by atoms with van der Waals surface area (Å²) in [6.45, 7) is 1.58. The molecule has 0 aromatic heterocycles. The molecule has 4 atom stereocenters. The molecule has 5 nitrogen and oxygen atoms in total. The minimum Gasteiger partial charge on any atom is -0.493 e. The topological polar surface area (TPSA) is 56.8 Å². The minimum absolute atomic E-state index is 0. The van der Waals surface area contributed by atoms with Gasteiger partial charge in [0.15, 0.2) is 23.4 Å². The van der Waals surface area contributed by atoms with Crippen LogP contribution in [0.5, 0.6) is 17.2 Å². The van der Waals surface area contributed by atoms with Crippen molar-refractivity contribution in [3.05, 3.63) is 53.1 Å². The molecule has 170 valence electrons. The summed E-state index contributed by atoms with van der Waals surface area (Å²) in [4.78, 5) is 12.9. The molecule has 0 radical (unpaired) electrons. The van der Waals surface area contributed by atoms with Crippen molar-refractivity contribution in [1.82, 2.24) is 5.32 Å². The van der Waals surface area contributed by atoms with Crippen LogP contribution in [0.15, 0.2) is 36.4 Å². The van der Waals surface area contributed by atoms with E-state index in [2.05, 4.69) is 29.6 Å². The first-order chi connectivity index (χ1) is 15.2. The monoisotopic (exact) mass is 455 g/mol. The van der Waals surface area contributed by atoms with Crippen LogP contribution in [-0.4, -0.2) is 38.2 Å². The molecule has 2 aromatic rings. The largest absolute Gasteiger partial charge is 0.493 e. The van der Waals surface area contributed by atoms with E-state index in [9.17, 15) is 4.79 Å². The maximum Gasteiger partial charge on any atom is 0.174 e. The molecule has 0 amide bonds. The van der Waals surface area contributed by atoms with Gasteiger partial charge in [0.2, 0.25) is 0 Å². The number of aryl methyl sites for hydroxylation is 1. The molecule has 2 aliphatic carbocycles. The third-order valence-corrected chi connectivity index (χ3v) is 7.92. The molecule has 1 spiro atoms. The van der Waals surface area contributed by atoms with E-state index in [1.807, 2.05) is 12.1 Å². The summed E-state index contributed by atoms with van der Waals surface area (Å²) in [5.74, 6) is 3.07. The number of carbonyl (C=O) groups is 1. The predicted octanol–water partition coefficient (Wildman–Crippen LogP) is 4.02.